The van der Waals surface area contributed by atoms with E-state index in [1.807, 2.05) is 4.90 Å². The predicted molar refractivity (Wildman–Crippen MR) is 49.3 cm³/mol. The van der Waals surface area contributed by atoms with E-state index < -0.39 is 0 Å². The Hall–Kier alpha value is -1.08. The molecule has 2 aliphatic rings. The number of hydrogen-bond donors (Lipinski definition) is 0. The predicted octanol–water partition coefficient (Wildman–Crippen LogP) is 0.537. The second-order valence-electron chi connectivity index (χ2n) is 3.92. The second-order valence-corrected chi connectivity index (χ2v) is 3.92. The minimum atomic E-state index is -0.0923. The fraction of sp³-hybridized carbons (Fsp3) is 0.800. The van der Waals surface area contributed by atoms with Gasteiger partial charge in [-0.15, -0.1) is 0 Å². The molecule has 2 fully saturated rings. The van der Waals surface area contributed by atoms with Gasteiger partial charge < -0.3 is 9.64 Å². The lowest BCUT2D eigenvalue weighted by Gasteiger charge is -2.30. The Bertz CT molecular complexity index is 266. The van der Waals surface area contributed by atoms with E-state index in [9.17, 15) is 4.79 Å². The molecule has 2 rings (SSSR count). The molecular weight excluding hydrogens is 180 g/mol. The first-order valence-corrected chi connectivity index (χ1v) is 5.08. The molecule has 0 aromatic rings. The number of ether oxygens (including phenoxy) is 1. The van der Waals surface area contributed by atoms with Crippen molar-refractivity contribution in [1.82, 2.24) is 4.90 Å². The van der Waals surface area contributed by atoms with Crippen LogP contribution < -0.4 is 0 Å². The maximum Gasteiger partial charge on any atom is 0.224 e. The second kappa shape index (κ2) is 3.97. The van der Waals surface area contributed by atoms with Gasteiger partial charge in [-0.1, -0.05) is 0 Å². The van der Waals surface area contributed by atoms with Gasteiger partial charge in [-0.05, 0) is 12.8 Å². The van der Waals surface area contributed by atoms with E-state index in [1.54, 1.807) is 0 Å². The van der Waals surface area contributed by atoms with Crippen LogP contribution in [-0.4, -0.2) is 36.6 Å². The third-order valence-electron chi connectivity index (χ3n) is 2.97. The monoisotopic (exact) mass is 194 g/mol. The lowest BCUT2D eigenvalue weighted by molar-refractivity contribution is -0.131. The Kier molecular flexibility index (Phi) is 2.69. The van der Waals surface area contributed by atoms with Gasteiger partial charge in [0.2, 0.25) is 5.91 Å². The molecule has 0 radical (unpaired) electrons. The smallest absolute Gasteiger partial charge is 0.224 e. The standard InChI is InChI=1S/C10H14N2O2/c11-6-8-5-10(13)12(7-8)9-1-3-14-4-2-9/h8-9H,1-5,7H2. The van der Waals surface area contributed by atoms with E-state index >= 15 is 0 Å². The molecule has 1 atom stereocenters. The fourth-order valence-electron chi connectivity index (χ4n) is 2.17. The normalized spacial score (nSPS) is 29.2. The first-order valence-electron chi connectivity index (χ1n) is 5.08. The molecule has 4 heteroatoms. The Balaban J connectivity index is 1.97. The fourth-order valence-corrected chi connectivity index (χ4v) is 2.17. The highest BCUT2D eigenvalue weighted by molar-refractivity contribution is 5.79. The summed E-state index contributed by atoms with van der Waals surface area (Å²) in [7, 11) is 0. The molecule has 0 aliphatic carbocycles. The van der Waals surface area contributed by atoms with E-state index in [4.69, 9.17) is 10.00 Å². The molecule has 0 aromatic heterocycles. The highest BCUT2D eigenvalue weighted by atomic mass is 16.5. The molecule has 0 aromatic carbocycles. The van der Waals surface area contributed by atoms with Gasteiger partial charge in [-0.25, -0.2) is 0 Å². The van der Waals surface area contributed by atoms with E-state index in [0.717, 1.165) is 26.1 Å². The quantitative estimate of drug-likeness (QED) is 0.612. The molecule has 1 unspecified atom stereocenters. The van der Waals surface area contributed by atoms with E-state index in [1.165, 1.54) is 0 Å². The van der Waals surface area contributed by atoms with Gasteiger partial charge in [0.15, 0.2) is 0 Å². The largest absolute Gasteiger partial charge is 0.381 e. The highest BCUT2D eigenvalue weighted by Gasteiger charge is 2.34. The summed E-state index contributed by atoms with van der Waals surface area (Å²) in [6.45, 7) is 2.11. The maximum atomic E-state index is 11.6. The Morgan fingerprint density at radius 1 is 1.43 bits per heavy atom. The number of carbonyl (C=O) groups excluding carboxylic acids is 1. The minimum Gasteiger partial charge on any atom is -0.381 e. The number of hydrogen-bond acceptors (Lipinski definition) is 3. The van der Waals surface area contributed by atoms with Gasteiger partial charge in [0.1, 0.15) is 0 Å². The van der Waals surface area contributed by atoms with Crippen LogP contribution in [0.1, 0.15) is 19.3 Å². The van der Waals surface area contributed by atoms with Gasteiger partial charge in [-0.2, -0.15) is 5.26 Å². The van der Waals surface area contributed by atoms with E-state index in [-0.39, 0.29) is 11.8 Å². The first kappa shape index (κ1) is 9.47. The van der Waals surface area contributed by atoms with Crippen molar-refractivity contribution in [3.63, 3.8) is 0 Å². The molecule has 0 spiro atoms. The number of amides is 1. The SMILES string of the molecule is N#CC1CC(=O)N(C2CCOCC2)C1. The Morgan fingerprint density at radius 3 is 2.71 bits per heavy atom. The van der Waals surface area contributed by atoms with Crippen molar-refractivity contribution in [1.29, 1.82) is 5.26 Å². The third kappa shape index (κ3) is 1.73. The molecule has 2 saturated heterocycles. The van der Waals surface area contributed by atoms with Crippen LogP contribution in [0.5, 0.6) is 0 Å². The summed E-state index contributed by atoms with van der Waals surface area (Å²) < 4.78 is 5.24. The van der Waals surface area contributed by atoms with Crippen LogP contribution in [0.4, 0.5) is 0 Å². The summed E-state index contributed by atoms with van der Waals surface area (Å²) in [5.74, 6) is 0.0498. The summed E-state index contributed by atoms with van der Waals surface area (Å²) in [4.78, 5) is 13.4. The average molecular weight is 194 g/mol. The first-order chi connectivity index (χ1) is 6.81. The van der Waals surface area contributed by atoms with Gasteiger partial charge in [-0.3, -0.25) is 4.79 Å². The van der Waals surface area contributed by atoms with Crippen LogP contribution >= 0.6 is 0 Å². The zero-order valence-corrected chi connectivity index (χ0v) is 8.11. The zero-order chi connectivity index (χ0) is 9.97. The zero-order valence-electron chi connectivity index (χ0n) is 8.11. The van der Waals surface area contributed by atoms with Crippen LogP contribution in [0.2, 0.25) is 0 Å². The van der Waals surface area contributed by atoms with Crippen LogP contribution in [0.15, 0.2) is 0 Å². The number of carbonyl (C=O) groups is 1. The molecular formula is C10H14N2O2. The number of nitriles is 1. The number of nitrogens with zero attached hydrogens (tertiary/aromatic N) is 2. The molecule has 0 saturated carbocycles. The average Bonchev–Trinajstić information content (AvgIpc) is 2.61. The Labute approximate surface area is 83.4 Å². The minimum absolute atomic E-state index is 0.0923. The van der Waals surface area contributed by atoms with Crippen molar-refractivity contribution in [2.24, 2.45) is 5.92 Å². The summed E-state index contributed by atoms with van der Waals surface area (Å²) in [6, 6.07) is 2.48. The van der Waals surface area contributed by atoms with E-state index in [2.05, 4.69) is 6.07 Å². The summed E-state index contributed by atoms with van der Waals surface area (Å²) >= 11 is 0. The highest BCUT2D eigenvalue weighted by Crippen LogP contribution is 2.24. The molecule has 76 valence electrons. The Morgan fingerprint density at radius 2 is 2.14 bits per heavy atom. The molecule has 0 N–H and O–H groups in total. The molecule has 1 amide bonds. The molecule has 4 nitrogen and oxygen atoms in total. The van der Waals surface area contributed by atoms with Gasteiger partial charge in [0.05, 0.1) is 12.0 Å². The van der Waals surface area contributed by atoms with Crippen molar-refractivity contribution in [3.05, 3.63) is 0 Å². The van der Waals surface area contributed by atoms with E-state index in [0.29, 0.717) is 19.0 Å². The van der Waals surface area contributed by atoms with Crippen molar-refractivity contribution in [2.45, 2.75) is 25.3 Å². The number of rotatable bonds is 1. The lowest BCUT2D eigenvalue weighted by Crippen LogP contribution is -2.40. The third-order valence-corrected chi connectivity index (χ3v) is 2.97. The van der Waals surface area contributed by atoms with Crippen LogP contribution in [0, 0.1) is 17.2 Å². The van der Waals surface area contributed by atoms with Crippen molar-refractivity contribution in [2.75, 3.05) is 19.8 Å². The molecule has 2 heterocycles. The summed E-state index contributed by atoms with van der Waals surface area (Å²) in [5.41, 5.74) is 0. The van der Waals surface area contributed by atoms with Gasteiger partial charge in [0, 0.05) is 32.2 Å². The van der Waals surface area contributed by atoms with Crippen LogP contribution in [-0.2, 0) is 9.53 Å². The lowest BCUT2D eigenvalue weighted by atomic mass is 10.1. The van der Waals surface area contributed by atoms with Crippen LogP contribution in [0.25, 0.3) is 0 Å². The number of likely N-dealkylation sites (tertiary alicyclic amines) is 1. The van der Waals surface area contributed by atoms with Crippen molar-refractivity contribution < 1.29 is 9.53 Å². The van der Waals surface area contributed by atoms with Gasteiger partial charge in [0.25, 0.3) is 0 Å². The molecule has 2 aliphatic heterocycles. The van der Waals surface area contributed by atoms with Crippen molar-refractivity contribution in [3.8, 4) is 6.07 Å². The maximum absolute atomic E-state index is 11.6. The molecule has 0 bridgehead atoms. The van der Waals surface area contributed by atoms with Crippen molar-refractivity contribution >= 4 is 5.91 Å². The summed E-state index contributed by atoms with van der Waals surface area (Å²) in [6.07, 6.45) is 2.25. The topological polar surface area (TPSA) is 53.3 Å². The summed E-state index contributed by atoms with van der Waals surface area (Å²) in [5, 5.41) is 8.75. The molecule has 14 heavy (non-hydrogen) atoms. The van der Waals surface area contributed by atoms with Crippen LogP contribution in [0.3, 0.4) is 0 Å². The van der Waals surface area contributed by atoms with Gasteiger partial charge >= 0.3 is 0 Å².